The highest BCUT2D eigenvalue weighted by Gasteiger charge is 2.30. The quantitative estimate of drug-likeness (QED) is 0.506. The predicted molar refractivity (Wildman–Crippen MR) is 116 cm³/mol. The molecule has 0 fully saturated rings. The highest BCUT2D eigenvalue weighted by atomic mass is 19.1. The highest BCUT2D eigenvalue weighted by molar-refractivity contribution is 5.80. The van der Waals surface area contributed by atoms with E-state index in [-0.39, 0.29) is 12.2 Å². The van der Waals surface area contributed by atoms with Gasteiger partial charge in [0.05, 0.1) is 19.4 Å². The molecule has 0 aliphatic rings. The summed E-state index contributed by atoms with van der Waals surface area (Å²) in [6.07, 6.45) is -0.836. The molecule has 0 saturated heterocycles. The fourth-order valence-electron chi connectivity index (χ4n) is 3.40. The molecule has 0 aliphatic heterocycles. The second-order valence-electron chi connectivity index (χ2n) is 8.75. The van der Waals surface area contributed by atoms with Crippen molar-refractivity contribution in [1.82, 2.24) is 0 Å². The molecular weight excluding hydrogens is 418 g/mol. The molecule has 0 saturated carbocycles. The molecule has 0 radical (unpaired) electrons. The molecule has 2 aromatic carbocycles. The maximum absolute atomic E-state index is 13.8. The molecular formula is C25H30F2O5. The van der Waals surface area contributed by atoms with Crippen LogP contribution in [0.3, 0.4) is 0 Å². The SMILES string of the molecule is COc1cc(F)ccc1[C@H](c1ccc(F)cc1)[C@H](C)OC(=O)[C@H](C)CC(=O)OC(C)(C)C. The van der Waals surface area contributed by atoms with Crippen molar-refractivity contribution < 1.29 is 32.6 Å². The fraction of sp³-hybridized carbons (Fsp3) is 0.440. The van der Waals surface area contributed by atoms with E-state index in [2.05, 4.69) is 0 Å². The summed E-state index contributed by atoms with van der Waals surface area (Å²) in [5.41, 5.74) is 0.595. The minimum absolute atomic E-state index is 0.121. The number of hydrogen-bond acceptors (Lipinski definition) is 5. The number of rotatable bonds is 8. The van der Waals surface area contributed by atoms with Gasteiger partial charge in [-0.2, -0.15) is 0 Å². The van der Waals surface area contributed by atoms with Crippen LogP contribution in [0.5, 0.6) is 5.75 Å². The Morgan fingerprint density at radius 1 is 0.969 bits per heavy atom. The molecule has 3 atom stereocenters. The molecule has 0 N–H and O–H groups in total. The van der Waals surface area contributed by atoms with Gasteiger partial charge in [-0.1, -0.05) is 25.1 Å². The molecule has 0 spiro atoms. The minimum Gasteiger partial charge on any atom is -0.496 e. The number of benzene rings is 2. The molecule has 2 aromatic rings. The first-order chi connectivity index (χ1) is 14.9. The van der Waals surface area contributed by atoms with Crippen LogP contribution in [0.25, 0.3) is 0 Å². The summed E-state index contributed by atoms with van der Waals surface area (Å²) in [6, 6.07) is 9.85. The molecule has 5 nitrogen and oxygen atoms in total. The second-order valence-corrected chi connectivity index (χ2v) is 8.75. The number of carbonyl (C=O) groups excluding carboxylic acids is 2. The van der Waals surface area contributed by atoms with Crippen LogP contribution in [0.4, 0.5) is 8.78 Å². The van der Waals surface area contributed by atoms with Crippen molar-refractivity contribution in [2.75, 3.05) is 7.11 Å². The van der Waals surface area contributed by atoms with Crippen LogP contribution in [-0.2, 0) is 19.1 Å². The van der Waals surface area contributed by atoms with E-state index in [1.807, 2.05) is 0 Å². The van der Waals surface area contributed by atoms with Crippen molar-refractivity contribution in [1.29, 1.82) is 0 Å². The summed E-state index contributed by atoms with van der Waals surface area (Å²) in [5.74, 6) is -2.95. The fourth-order valence-corrected chi connectivity index (χ4v) is 3.40. The van der Waals surface area contributed by atoms with Gasteiger partial charge in [-0.15, -0.1) is 0 Å². The minimum atomic E-state index is -0.726. The molecule has 0 unspecified atom stereocenters. The number of methoxy groups -OCH3 is 1. The number of hydrogen-bond donors (Lipinski definition) is 0. The van der Waals surface area contributed by atoms with Crippen LogP contribution in [0.2, 0.25) is 0 Å². The smallest absolute Gasteiger partial charge is 0.309 e. The zero-order chi connectivity index (χ0) is 24.1. The lowest BCUT2D eigenvalue weighted by Gasteiger charge is -2.27. The van der Waals surface area contributed by atoms with Crippen LogP contribution in [0.15, 0.2) is 42.5 Å². The predicted octanol–water partition coefficient (Wildman–Crippen LogP) is 5.40. The Balaban J connectivity index is 2.27. The monoisotopic (exact) mass is 448 g/mol. The van der Waals surface area contributed by atoms with Crippen LogP contribution >= 0.6 is 0 Å². The zero-order valence-electron chi connectivity index (χ0n) is 19.3. The molecule has 0 bridgehead atoms. The number of ether oxygens (including phenoxy) is 3. The first-order valence-corrected chi connectivity index (χ1v) is 10.4. The van der Waals surface area contributed by atoms with Crippen LogP contribution in [-0.4, -0.2) is 30.8 Å². The molecule has 7 heteroatoms. The summed E-state index contributed by atoms with van der Waals surface area (Å²) in [7, 11) is 1.42. The van der Waals surface area contributed by atoms with Crippen LogP contribution in [0, 0.1) is 17.6 Å². The zero-order valence-corrected chi connectivity index (χ0v) is 19.3. The molecule has 0 heterocycles. The maximum atomic E-state index is 13.8. The number of esters is 2. The lowest BCUT2D eigenvalue weighted by Crippen LogP contribution is -2.30. The van der Waals surface area contributed by atoms with Crippen molar-refractivity contribution in [2.45, 2.75) is 58.7 Å². The Morgan fingerprint density at radius 3 is 2.12 bits per heavy atom. The third kappa shape index (κ3) is 7.04. The summed E-state index contributed by atoms with van der Waals surface area (Å²) in [5, 5.41) is 0. The molecule has 32 heavy (non-hydrogen) atoms. The summed E-state index contributed by atoms with van der Waals surface area (Å²) in [4.78, 5) is 24.8. The Kier molecular flexibility index (Phi) is 8.36. The maximum Gasteiger partial charge on any atom is 0.309 e. The molecule has 0 aliphatic carbocycles. The van der Waals surface area contributed by atoms with Crippen LogP contribution in [0.1, 0.15) is 58.1 Å². The number of halogens is 2. The van der Waals surface area contributed by atoms with Crippen molar-refractivity contribution >= 4 is 11.9 Å². The van der Waals surface area contributed by atoms with Gasteiger partial charge < -0.3 is 14.2 Å². The van der Waals surface area contributed by atoms with Gasteiger partial charge in [0.15, 0.2) is 0 Å². The Bertz CT molecular complexity index is 934. The first kappa shape index (κ1) is 25.3. The van der Waals surface area contributed by atoms with Gasteiger partial charge in [0, 0.05) is 17.5 Å². The van der Waals surface area contributed by atoms with Gasteiger partial charge >= 0.3 is 11.9 Å². The summed E-state index contributed by atoms with van der Waals surface area (Å²) in [6.45, 7) is 8.53. The number of carbonyl (C=O) groups is 2. The van der Waals surface area contributed by atoms with Crippen molar-refractivity contribution in [3.63, 3.8) is 0 Å². The molecule has 2 rings (SSSR count). The largest absolute Gasteiger partial charge is 0.496 e. The lowest BCUT2D eigenvalue weighted by molar-refractivity contribution is -0.163. The summed E-state index contributed by atoms with van der Waals surface area (Å²) >= 11 is 0. The van der Waals surface area contributed by atoms with Gasteiger partial charge in [0.25, 0.3) is 0 Å². The van der Waals surface area contributed by atoms with E-state index in [1.54, 1.807) is 52.8 Å². The average Bonchev–Trinajstić information content (AvgIpc) is 2.69. The van der Waals surface area contributed by atoms with Gasteiger partial charge in [-0.3, -0.25) is 9.59 Å². The Morgan fingerprint density at radius 2 is 1.56 bits per heavy atom. The van der Waals surface area contributed by atoms with Gasteiger partial charge in [0.2, 0.25) is 0 Å². The second kappa shape index (κ2) is 10.6. The van der Waals surface area contributed by atoms with E-state index in [0.717, 1.165) is 0 Å². The van der Waals surface area contributed by atoms with Gasteiger partial charge in [-0.25, -0.2) is 8.78 Å². The average molecular weight is 449 g/mol. The molecule has 0 aromatic heterocycles. The van der Waals surface area contributed by atoms with E-state index in [1.165, 1.54) is 31.4 Å². The normalized spacial score (nSPS) is 14.2. The first-order valence-electron chi connectivity index (χ1n) is 10.4. The third-order valence-electron chi connectivity index (χ3n) is 4.83. The molecule has 0 amide bonds. The van der Waals surface area contributed by atoms with E-state index < -0.39 is 47.1 Å². The van der Waals surface area contributed by atoms with Crippen molar-refractivity contribution in [3.8, 4) is 5.75 Å². The molecule has 174 valence electrons. The van der Waals surface area contributed by atoms with Crippen molar-refractivity contribution in [2.24, 2.45) is 5.92 Å². The Labute approximate surface area is 187 Å². The van der Waals surface area contributed by atoms with Crippen LogP contribution < -0.4 is 4.74 Å². The van der Waals surface area contributed by atoms with Crippen molar-refractivity contribution in [3.05, 3.63) is 65.2 Å². The summed E-state index contributed by atoms with van der Waals surface area (Å²) < 4.78 is 43.5. The van der Waals surface area contributed by atoms with E-state index >= 15 is 0 Å². The van der Waals surface area contributed by atoms with E-state index in [9.17, 15) is 18.4 Å². The van der Waals surface area contributed by atoms with E-state index in [4.69, 9.17) is 14.2 Å². The standard InChI is InChI=1S/C25H30F2O5/c1-15(13-22(28)32-25(3,4)5)24(29)31-16(2)23(17-7-9-18(26)10-8-17)20-12-11-19(27)14-21(20)30-6/h7-12,14-16,23H,13H2,1-6H3/t15-,16+,23+/m1/s1. The topological polar surface area (TPSA) is 61.8 Å². The van der Waals surface area contributed by atoms with Gasteiger partial charge in [-0.05, 0) is 51.5 Å². The van der Waals surface area contributed by atoms with Gasteiger partial charge in [0.1, 0.15) is 29.1 Å². The lowest BCUT2D eigenvalue weighted by atomic mass is 9.86. The highest BCUT2D eigenvalue weighted by Crippen LogP contribution is 2.36. The Hall–Kier alpha value is -2.96. The third-order valence-corrected chi connectivity index (χ3v) is 4.83. The van der Waals surface area contributed by atoms with E-state index in [0.29, 0.717) is 11.1 Å².